The number of hydrogen-bond donors (Lipinski definition) is 0. The van der Waals surface area contributed by atoms with Gasteiger partial charge in [-0.05, 0) is 62.0 Å². The summed E-state index contributed by atoms with van der Waals surface area (Å²) in [6, 6.07) is 0.553. The number of likely N-dealkylation sites (tertiary alicyclic amines) is 1. The Morgan fingerprint density at radius 2 is 1.51 bits per heavy atom. The minimum atomic E-state index is -0.0284. The lowest BCUT2D eigenvalue weighted by Crippen LogP contribution is -2.45. The van der Waals surface area contributed by atoms with Crippen molar-refractivity contribution in [3.63, 3.8) is 0 Å². The zero-order valence-corrected chi connectivity index (χ0v) is 27.4. The van der Waals surface area contributed by atoms with Gasteiger partial charge in [0.05, 0.1) is 5.70 Å². The Balaban J connectivity index is 2.92. The van der Waals surface area contributed by atoms with Gasteiger partial charge in [-0.1, -0.05) is 80.0 Å². The van der Waals surface area contributed by atoms with E-state index in [0.29, 0.717) is 49.3 Å². The van der Waals surface area contributed by atoms with E-state index in [1.54, 1.807) is 0 Å². The molecule has 0 aromatic carbocycles. The number of rotatable bonds is 23. The van der Waals surface area contributed by atoms with Gasteiger partial charge in [0.2, 0.25) is 11.8 Å². The maximum Gasteiger partial charge on any atom is 0.229 e. The van der Waals surface area contributed by atoms with Crippen molar-refractivity contribution < 1.29 is 9.59 Å². The fraction of sp³-hybridized carbons (Fsp3) is 0.765. The molecule has 7 heteroatoms. The quantitative estimate of drug-likeness (QED) is 0.0700. The molecule has 1 aliphatic rings. The highest BCUT2D eigenvalue weighted by atomic mass is 16.3. The smallest absolute Gasteiger partial charge is 0.229 e. The maximum absolute atomic E-state index is 11.9. The van der Waals surface area contributed by atoms with E-state index in [0.717, 1.165) is 75.7 Å². The zero-order valence-electron chi connectivity index (χ0n) is 27.4. The molecule has 2 amide bonds. The third-order valence-electron chi connectivity index (χ3n) is 9.11. The van der Waals surface area contributed by atoms with Gasteiger partial charge in [-0.3, -0.25) is 14.5 Å². The number of unbranched alkanes of at least 4 members (excludes halogenated alkanes) is 2. The number of nitrogens with zero attached hydrogens (tertiary/aromatic N) is 4. The molecule has 7 nitrogen and oxygen atoms in total. The van der Waals surface area contributed by atoms with Gasteiger partial charge in [0.15, 0.2) is 0 Å². The molecule has 234 valence electrons. The SMILES string of the molecule is C=C(CC(CC)C(C(CC)CCC)N(C)C(=C)CC(C(C)C)N(CC)C(=C)CCCCCN1C(=O)CCC1=O)N=O. The molecule has 0 saturated carbocycles. The van der Waals surface area contributed by atoms with Gasteiger partial charge in [-0.25, -0.2) is 0 Å². The first kappa shape index (κ1) is 36.6. The van der Waals surface area contributed by atoms with E-state index in [1.165, 1.54) is 4.90 Å². The second kappa shape index (κ2) is 18.9. The third-order valence-corrected chi connectivity index (χ3v) is 9.11. The van der Waals surface area contributed by atoms with E-state index in [9.17, 15) is 14.5 Å². The summed E-state index contributed by atoms with van der Waals surface area (Å²) in [5, 5.41) is 3.15. The standard InChI is InChI=1S/C34H60N4O3/c1-11-18-29(12-2)34(30(13-3)23-26(7)35-41)36(10)28(9)24-31(25(5)6)37(14-4)27(8)19-16-15-17-22-38-32(39)20-21-33(38)40/h25,29-31,34H,7-9,11-24H2,1-6,10H3. The molecule has 0 N–H and O–H groups in total. The van der Waals surface area contributed by atoms with Crippen LogP contribution in [0.3, 0.4) is 0 Å². The van der Waals surface area contributed by atoms with Crippen LogP contribution in [0, 0.1) is 22.7 Å². The first-order chi connectivity index (χ1) is 19.5. The van der Waals surface area contributed by atoms with Crippen LogP contribution in [-0.4, -0.2) is 58.7 Å². The summed E-state index contributed by atoms with van der Waals surface area (Å²) in [5.41, 5.74) is 2.70. The Hall–Kier alpha value is -2.44. The maximum atomic E-state index is 11.9. The summed E-state index contributed by atoms with van der Waals surface area (Å²) in [4.78, 5) is 41.2. The molecule has 0 aromatic rings. The minimum Gasteiger partial charge on any atom is -0.375 e. The largest absolute Gasteiger partial charge is 0.375 e. The first-order valence-corrected chi connectivity index (χ1v) is 16.2. The average Bonchev–Trinajstić information content (AvgIpc) is 3.27. The second-order valence-corrected chi connectivity index (χ2v) is 12.3. The Labute approximate surface area is 251 Å². The first-order valence-electron chi connectivity index (χ1n) is 16.2. The molecule has 41 heavy (non-hydrogen) atoms. The highest BCUT2D eigenvalue weighted by Crippen LogP contribution is 2.35. The fourth-order valence-electron chi connectivity index (χ4n) is 6.64. The predicted octanol–water partition coefficient (Wildman–Crippen LogP) is 8.28. The van der Waals surface area contributed by atoms with Crippen LogP contribution in [0.1, 0.15) is 119 Å². The molecule has 1 rings (SSSR count). The molecule has 1 aliphatic heterocycles. The third kappa shape index (κ3) is 11.1. The van der Waals surface area contributed by atoms with Crippen LogP contribution in [0.2, 0.25) is 0 Å². The van der Waals surface area contributed by atoms with Crippen molar-refractivity contribution in [2.45, 2.75) is 131 Å². The Morgan fingerprint density at radius 3 is 2.00 bits per heavy atom. The molecular weight excluding hydrogens is 512 g/mol. The molecule has 0 spiro atoms. The van der Waals surface area contributed by atoms with E-state index in [1.807, 2.05) is 0 Å². The number of carbonyl (C=O) groups excluding carboxylic acids is 2. The van der Waals surface area contributed by atoms with Gasteiger partial charge in [0.1, 0.15) is 0 Å². The normalized spacial score (nSPS) is 16.4. The van der Waals surface area contributed by atoms with Crippen LogP contribution in [-0.2, 0) is 9.59 Å². The number of hydrogen-bond acceptors (Lipinski definition) is 6. The molecule has 1 heterocycles. The molecule has 1 fully saturated rings. The van der Waals surface area contributed by atoms with E-state index < -0.39 is 0 Å². The van der Waals surface area contributed by atoms with Crippen LogP contribution >= 0.6 is 0 Å². The van der Waals surface area contributed by atoms with Gasteiger partial charge >= 0.3 is 0 Å². The van der Waals surface area contributed by atoms with Crippen molar-refractivity contribution in [1.29, 1.82) is 0 Å². The Morgan fingerprint density at radius 1 is 0.902 bits per heavy atom. The number of allylic oxidation sites excluding steroid dienone is 2. The fourth-order valence-corrected chi connectivity index (χ4v) is 6.64. The van der Waals surface area contributed by atoms with E-state index in [4.69, 9.17) is 0 Å². The Kier molecular flexibility index (Phi) is 16.9. The molecule has 0 aliphatic carbocycles. The van der Waals surface area contributed by atoms with Crippen LogP contribution in [0.4, 0.5) is 0 Å². The van der Waals surface area contributed by atoms with Crippen molar-refractivity contribution >= 4 is 11.8 Å². The lowest BCUT2D eigenvalue weighted by atomic mass is 9.79. The number of carbonyl (C=O) groups is 2. The van der Waals surface area contributed by atoms with E-state index >= 15 is 0 Å². The van der Waals surface area contributed by atoms with Gasteiger partial charge in [0, 0.05) is 62.9 Å². The van der Waals surface area contributed by atoms with Crippen molar-refractivity contribution in [2.24, 2.45) is 22.9 Å². The van der Waals surface area contributed by atoms with Crippen molar-refractivity contribution in [3.05, 3.63) is 41.7 Å². The number of nitroso groups, excluding NO2 is 1. The number of amides is 2. The van der Waals surface area contributed by atoms with Crippen LogP contribution < -0.4 is 0 Å². The average molecular weight is 573 g/mol. The summed E-state index contributed by atoms with van der Waals surface area (Å²) in [5.74, 6) is 1.16. The van der Waals surface area contributed by atoms with E-state index in [-0.39, 0.29) is 23.9 Å². The second-order valence-electron chi connectivity index (χ2n) is 12.3. The highest BCUT2D eigenvalue weighted by molar-refractivity contribution is 6.01. The molecule has 0 bridgehead atoms. The molecule has 0 radical (unpaired) electrons. The molecular formula is C34H60N4O3. The molecule has 1 saturated heterocycles. The summed E-state index contributed by atoms with van der Waals surface area (Å²) in [6.07, 6.45) is 10.2. The lowest BCUT2D eigenvalue weighted by molar-refractivity contribution is -0.138. The number of imide groups is 1. The van der Waals surface area contributed by atoms with Crippen molar-refractivity contribution in [1.82, 2.24) is 14.7 Å². The topological polar surface area (TPSA) is 73.3 Å². The van der Waals surface area contributed by atoms with Crippen LogP contribution in [0.15, 0.2) is 42.0 Å². The van der Waals surface area contributed by atoms with Crippen molar-refractivity contribution in [3.8, 4) is 0 Å². The highest BCUT2D eigenvalue weighted by Gasteiger charge is 2.33. The molecule has 4 atom stereocenters. The van der Waals surface area contributed by atoms with Gasteiger partial charge < -0.3 is 9.80 Å². The molecule has 0 aromatic heterocycles. The zero-order chi connectivity index (χ0) is 31.1. The van der Waals surface area contributed by atoms with Crippen molar-refractivity contribution in [2.75, 3.05) is 20.1 Å². The van der Waals surface area contributed by atoms with Gasteiger partial charge in [-0.15, -0.1) is 4.91 Å². The summed E-state index contributed by atoms with van der Waals surface area (Å²) >= 11 is 0. The summed E-state index contributed by atoms with van der Waals surface area (Å²) in [6.45, 7) is 27.9. The van der Waals surface area contributed by atoms with E-state index in [2.05, 4.69) is 83.3 Å². The van der Waals surface area contributed by atoms with Crippen LogP contribution in [0.25, 0.3) is 0 Å². The Bertz CT molecular complexity index is 867. The monoisotopic (exact) mass is 572 g/mol. The summed E-state index contributed by atoms with van der Waals surface area (Å²) < 4.78 is 0. The summed E-state index contributed by atoms with van der Waals surface area (Å²) in [7, 11) is 2.18. The molecule has 4 unspecified atom stereocenters. The van der Waals surface area contributed by atoms with Gasteiger partial charge in [0.25, 0.3) is 0 Å². The van der Waals surface area contributed by atoms with Gasteiger partial charge in [-0.2, -0.15) is 0 Å². The minimum absolute atomic E-state index is 0.0284. The lowest BCUT2D eigenvalue weighted by Gasteiger charge is -2.44. The van der Waals surface area contributed by atoms with Crippen LogP contribution in [0.5, 0.6) is 0 Å². The predicted molar refractivity (Wildman–Crippen MR) is 172 cm³/mol.